The van der Waals surface area contributed by atoms with Gasteiger partial charge in [0.15, 0.2) is 5.82 Å². The summed E-state index contributed by atoms with van der Waals surface area (Å²) < 4.78 is 6.73. The Morgan fingerprint density at radius 1 is 1.35 bits per heavy atom. The van der Waals surface area contributed by atoms with Crippen molar-refractivity contribution in [1.82, 2.24) is 25.1 Å². The van der Waals surface area contributed by atoms with Gasteiger partial charge in [0.2, 0.25) is 0 Å². The Kier molecular flexibility index (Phi) is 4.09. The first-order valence-corrected chi connectivity index (χ1v) is 7.42. The van der Waals surface area contributed by atoms with Gasteiger partial charge in [0, 0.05) is 32.1 Å². The molecule has 0 atom stereocenters. The Morgan fingerprint density at radius 2 is 2.09 bits per heavy atom. The van der Waals surface area contributed by atoms with E-state index in [9.17, 15) is 9.59 Å². The van der Waals surface area contributed by atoms with Crippen LogP contribution in [0.25, 0.3) is 0 Å². The van der Waals surface area contributed by atoms with Crippen LogP contribution in [0.3, 0.4) is 0 Å². The van der Waals surface area contributed by atoms with Crippen LogP contribution in [0.15, 0.2) is 16.8 Å². The van der Waals surface area contributed by atoms with Crippen molar-refractivity contribution in [3.63, 3.8) is 0 Å². The SMILES string of the molecule is Cc1cc(C2CCN(C(=O)C(=O)Nc3cn(C)nn3)CC2)on1. The van der Waals surface area contributed by atoms with Gasteiger partial charge in [0.25, 0.3) is 0 Å². The number of amides is 2. The van der Waals surface area contributed by atoms with Gasteiger partial charge >= 0.3 is 11.8 Å². The van der Waals surface area contributed by atoms with Crippen LogP contribution < -0.4 is 5.32 Å². The zero-order valence-corrected chi connectivity index (χ0v) is 13.0. The minimum absolute atomic E-state index is 0.239. The smallest absolute Gasteiger partial charge is 0.315 e. The molecule has 1 fully saturated rings. The summed E-state index contributed by atoms with van der Waals surface area (Å²) in [5.41, 5.74) is 0.849. The number of carbonyl (C=O) groups excluding carboxylic acids is 2. The van der Waals surface area contributed by atoms with Crippen LogP contribution in [0.4, 0.5) is 5.82 Å². The van der Waals surface area contributed by atoms with Gasteiger partial charge in [-0.2, -0.15) is 0 Å². The monoisotopic (exact) mass is 318 g/mol. The average Bonchev–Trinajstić information content (AvgIpc) is 3.15. The van der Waals surface area contributed by atoms with E-state index >= 15 is 0 Å². The summed E-state index contributed by atoms with van der Waals surface area (Å²) >= 11 is 0. The van der Waals surface area contributed by atoms with Gasteiger partial charge in [-0.3, -0.25) is 19.6 Å². The third-order valence-corrected chi connectivity index (χ3v) is 3.87. The van der Waals surface area contributed by atoms with Crippen LogP contribution in [0.5, 0.6) is 0 Å². The van der Waals surface area contributed by atoms with Crippen molar-refractivity contribution in [3.05, 3.63) is 23.7 Å². The van der Waals surface area contributed by atoms with Crippen molar-refractivity contribution < 1.29 is 14.1 Å². The second-order valence-corrected chi connectivity index (χ2v) is 5.67. The molecule has 0 spiro atoms. The molecule has 9 nitrogen and oxygen atoms in total. The number of nitrogens with zero attached hydrogens (tertiary/aromatic N) is 5. The summed E-state index contributed by atoms with van der Waals surface area (Å²) in [5.74, 6) is 0.0992. The Hall–Kier alpha value is -2.71. The second-order valence-electron chi connectivity index (χ2n) is 5.67. The predicted octanol–water partition coefficient (Wildman–Crippen LogP) is 0.456. The lowest BCUT2D eigenvalue weighted by molar-refractivity contribution is -0.143. The summed E-state index contributed by atoms with van der Waals surface area (Å²) in [6.45, 7) is 2.90. The number of anilines is 1. The van der Waals surface area contributed by atoms with Crippen molar-refractivity contribution in [1.29, 1.82) is 0 Å². The van der Waals surface area contributed by atoms with Crippen LogP contribution in [0, 0.1) is 6.92 Å². The second kappa shape index (κ2) is 6.19. The lowest BCUT2D eigenvalue weighted by Gasteiger charge is -2.30. The quantitative estimate of drug-likeness (QED) is 0.806. The molecular weight excluding hydrogens is 300 g/mol. The molecule has 0 radical (unpaired) electrons. The van der Waals surface area contributed by atoms with Crippen molar-refractivity contribution in [3.8, 4) is 0 Å². The van der Waals surface area contributed by atoms with E-state index in [1.807, 2.05) is 13.0 Å². The minimum atomic E-state index is -0.695. The minimum Gasteiger partial charge on any atom is -0.361 e. The highest BCUT2D eigenvalue weighted by atomic mass is 16.5. The first-order valence-electron chi connectivity index (χ1n) is 7.42. The number of carbonyl (C=O) groups is 2. The molecule has 3 heterocycles. The molecule has 1 N–H and O–H groups in total. The lowest BCUT2D eigenvalue weighted by atomic mass is 9.94. The summed E-state index contributed by atoms with van der Waals surface area (Å²) in [5, 5.41) is 13.8. The van der Waals surface area contributed by atoms with Crippen LogP contribution in [-0.2, 0) is 16.6 Å². The number of likely N-dealkylation sites (tertiary alicyclic amines) is 1. The third kappa shape index (κ3) is 3.38. The van der Waals surface area contributed by atoms with Crippen LogP contribution >= 0.6 is 0 Å². The van der Waals surface area contributed by atoms with Crippen molar-refractivity contribution in [2.75, 3.05) is 18.4 Å². The van der Waals surface area contributed by atoms with E-state index in [4.69, 9.17) is 4.52 Å². The van der Waals surface area contributed by atoms with Gasteiger partial charge in [-0.15, -0.1) is 5.10 Å². The van der Waals surface area contributed by atoms with Gasteiger partial charge in [0.1, 0.15) is 5.76 Å². The normalized spacial score (nSPS) is 15.7. The Morgan fingerprint density at radius 3 is 2.65 bits per heavy atom. The van der Waals surface area contributed by atoms with Gasteiger partial charge in [-0.05, 0) is 19.8 Å². The average molecular weight is 318 g/mol. The molecule has 1 aliphatic heterocycles. The van der Waals surface area contributed by atoms with E-state index in [0.29, 0.717) is 13.1 Å². The van der Waals surface area contributed by atoms with Crippen molar-refractivity contribution in [2.24, 2.45) is 7.05 Å². The molecule has 1 aliphatic rings. The summed E-state index contributed by atoms with van der Waals surface area (Å²) in [6, 6.07) is 1.92. The van der Waals surface area contributed by atoms with Gasteiger partial charge in [-0.1, -0.05) is 10.4 Å². The fraction of sp³-hybridized carbons (Fsp3) is 0.500. The Labute approximate surface area is 132 Å². The molecule has 2 aromatic rings. The number of hydrogen-bond donors (Lipinski definition) is 1. The number of piperidine rings is 1. The molecule has 2 aromatic heterocycles. The van der Waals surface area contributed by atoms with Crippen LogP contribution in [-0.4, -0.2) is 50.0 Å². The van der Waals surface area contributed by atoms with E-state index in [1.54, 1.807) is 11.9 Å². The number of aryl methyl sites for hydroxylation is 2. The van der Waals surface area contributed by atoms with E-state index in [2.05, 4.69) is 20.8 Å². The molecule has 9 heteroatoms. The standard InChI is InChI=1S/C14H18N6O3/c1-9-7-11(23-17-9)10-3-5-20(6-4-10)14(22)13(21)15-12-8-19(2)18-16-12/h7-8,10H,3-6H2,1-2H3,(H,15,21). The van der Waals surface area contributed by atoms with Crippen LogP contribution in [0.2, 0.25) is 0 Å². The summed E-state index contributed by atoms with van der Waals surface area (Å²) in [7, 11) is 1.68. The zero-order chi connectivity index (χ0) is 16.4. The summed E-state index contributed by atoms with van der Waals surface area (Å²) in [6.07, 6.45) is 3.03. The molecule has 122 valence electrons. The van der Waals surface area contributed by atoms with Gasteiger partial charge in [-0.25, -0.2) is 0 Å². The molecule has 1 saturated heterocycles. The maximum absolute atomic E-state index is 12.2. The molecule has 23 heavy (non-hydrogen) atoms. The van der Waals surface area contributed by atoms with E-state index in [1.165, 1.54) is 10.9 Å². The van der Waals surface area contributed by atoms with Crippen molar-refractivity contribution >= 4 is 17.6 Å². The highest BCUT2D eigenvalue weighted by molar-refractivity contribution is 6.39. The largest absolute Gasteiger partial charge is 0.361 e. The molecule has 2 amide bonds. The fourth-order valence-electron chi connectivity index (χ4n) is 2.66. The van der Waals surface area contributed by atoms with Crippen molar-refractivity contribution in [2.45, 2.75) is 25.7 Å². The first-order chi connectivity index (χ1) is 11.0. The number of rotatable bonds is 2. The molecule has 0 unspecified atom stereocenters. The van der Waals surface area contributed by atoms with E-state index in [0.717, 1.165) is 24.3 Å². The summed E-state index contributed by atoms with van der Waals surface area (Å²) in [4.78, 5) is 25.7. The number of aromatic nitrogens is 4. The first kappa shape index (κ1) is 15.2. The maximum atomic E-state index is 12.2. The van der Waals surface area contributed by atoms with Crippen LogP contribution in [0.1, 0.15) is 30.2 Å². The number of hydrogen-bond acceptors (Lipinski definition) is 6. The van der Waals surface area contributed by atoms with Gasteiger partial charge < -0.3 is 9.42 Å². The van der Waals surface area contributed by atoms with Gasteiger partial charge in [0.05, 0.1) is 11.9 Å². The molecule has 0 bridgehead atoms. The fourth-order valence-corrected chi connectivity index (χ4v) is 2.66. The molecule has 0 saturated carbocycles. The highest BCUT2D eigenvalue weighted by Gasteiger charge is 2.29. The van der Waals surface area contributed by atoms with E-state index < -0.39 is 11.8 Å². The highest BCUT2D eigenvalue weighted by Crippen LogP contribution is 2.28. The predicted molar refractivity (Wildman–Crippen MR) is 79.4 cm³/mol. The molecular formula is C14H18N6O3. The maximum Gasteiger partial charge on any atom is 0.315 e. The Bertz CT molecular complexity index is 714. The third-order valence-electron chi connectivity index (χ3n) is 3.87. The molecule has 3 rings (SSSR count). The molecule has 0 aromatic carbocycles. The van der Waals surface area contributed by atoms with E-state index in [-0.39, 0.29) is 11.7 Å². The number of nitrogens with one attached hydrogen (secondary N) is 1. The lowest BCUT2D eigenvalue weighted by Crippen LogP contribution is -2.43. The Balaban J connectivity index is 1.54. The molecule has 0 aliphatic carbocycles. The topological polar surface area (TPSA) is 106 Å². The zero-order valence-electron chi connectivity index (χ0n) is 13.0.